The van der Waals surface area contributed by atoms with E-state index in [-0.39, 0.29) is 11.4 Å². The first-order valence-electron chi connectivity index (χ1n) is 4.90. The highest BCUT2D eigenvalue weighted by Gasteiger charge is 2.36. The molecule has 0 aliphatic carbocycles. The van der Waals surface area contributed by atoms with E-state index in [1.54, 1.807) is 0 Å². The lowest BCUT2D eigenvalue weighted by atomic mass is 10.2. The summed E-state index contributed by atoms with van der Waals surface area (Å²) in [5.74, 6) is -2.12. The minimum absolute atomic E-state index is 0.318. The molecule has 110 valence electrons. The number of nitrogens with zero attached hydrogens (tertiary/aromatic N) is 2. The second-order valence-electron chi connectivity index (χ2n) is 3.41. The fourth-order valence-corrected chi connectivity index (χ4v) is 1.20. The molecule has 0 bridgehead atoms. The van der Waals surface area contributed by atoms with Crippen LogP contribution in [-0.2, 0) is 16.0 Å². The van der Waals surface area contributed by atoms with Gasteiger partial charge in [0, 0.05) is 6.07 Å². The number of pyridine rings is 1. The Kier molecular flexibility index (Phi) is 4.32. The van der Waals surface area contributed by atoms with E-state index in [0.717, 1.165) is 7.11 Å². The molecule has 0 aliphatic rings. The zero-order valence-electron chi connectivity index (χ0n) is 9.93. The van der Waals surface area contributed by atoms with Crippen molar-refractivity contribution in [3.63, 3.8) is 0 Å². The van der Waals surface area contributed by atoms with E-state index >= 15 is 0 Å². The highest BCUT2D eigenvalue weighted by molar-refractivity contribution is 5.74. The number of anilines is 1. The van der Waals surface area contributed by atoms with Gasteiger partial charge in [0.15, 0.2) is 0 Å². The lowest BCUT2D eigenvalue weighted by Gasteiger charge is -2.10. The molecule has 0 saturated heterocycles. The largest absolute Gasteiger partial charge is 0.574 e. The molecule has 1 aromatic rings. The Hall–Kier alpha value is -2.59. The van der Waals surface area contributed by atoms with Crippen molar-refractivity contribution in [2.75, 3.05) is 12.8 Å². The molecular formula is C9H8F3N3O5. The lowest BCUT2D eigenvalue weighted by Crippen LogP contribution is -2.20. The van der Waals surface area contributed by atoms with Crippen LogP contribution < -0.4 is 10.5 Å². The quantitative estimate of drug-likeness (QED) is 0.503. The molecule has 8 nitrogen and oxygen atoms in total. The zero-order chi connectivity index (χ0) is 15.5. The fraction of sp³-hybridized carbons (Fsp3) is 0.333. The smallest absolute Gasteiger partial charge is 0.469 e. The van der Waals surface area contributed by atoms with Crippen LogP contribution in [-0.4, -0.2) is 29.3 Å². The molecule has 2 N–H and O–H groups in total. The molecular weight excluding hydrogens is 287 g/mol. The number of aromatic nitrogens is 1. The SMILES string of the molecule is COC(=O)Cc1nc(OC(F)(F)F)c([N+](=O)[O-])cc1N. The van der Waals surface area contributed by atoms with Crippen LogP contribution in [0.15, 0.2) is 6.07 Å². The van der Waals surface area contributed by atoms with Crippen LogP contribution in [0.4, 0.5) is 24.5 Å². The number of halogens is 3. The minimum atomic E-state index is -5.17. The van der Waals surface area contributed by atoms with Crippen molar-refractivity contribution in [1.29, 1.82) is 0 Å². The Morgan fingerprint density at radius 2 is 2.15 bits per heavy atom. The van der Waals surface area contributed by atoms with Gasteiger partial charge < -0.3 is 15.2 Å². The average molecular weight is 295 g/mol. The Morgan fingerprint density at radius 1 is 1.55 bits per heavy atom. The normalized spacial score (nSPS) is 11.0. The van der Waals surface area contributed by atoms with Crippen LogP contribution in [0.5, 0.6) is 5.88 Å². The maximum absolute atomic E-state index is 12.1. The van der Waals surface area contributed by atoms with Crippen LogP contribution >= 0.6 is 0 Å². The number of nitro groups is 1. The zero-order valence-corrected chi connectivity index (χ0v) is 9.93. The predicted octanol–water partition coefficient (Wildman–Crippen LogP) is 1.19. The molecule has 20 heavy (non-hydrogen) atoms. The van der Waals surface area contributed by atoms with Crippen molar-refractivity contribution >= 4 is 17.3 Å². The number of alkyl halides is 3. The second-order valence-corrected chi connectivity index (χ2v) is 3.41. The molecule has 0 spiro atoms. The summed E-state index contributed by atoms with van der Waals surface area (Å²) in [6, 6.07) is 0.631. The molecule has 0 aliphatic heterocycles. The Labute approximate surface area is 109 Å². The highest BCUT2D eigenvalue weighted by Crippen LogP contribution is 2.32. The molecule has 0 unspecified atom stereocenters. The summed E-state index contributed by atoms with van der Waals surface area (Å²) < 4.78 is 44.2. The standard InChI is InChI=1S/C9H8F3N3O5/c1-19-7(16)3-5-4(13)2-6(15(17)18)8(14-5)20-9(10,11)12/h2H,3,13H2,1H3. The summed E-state index contributed by atoms with van der Waals surface area (Å²) in [5.41, 5.74) is 3.68. The summed E-state index contributed by atoms with van der Waals surface area (Å²) >= 11 is 0. The molecule has 1 rings (SSSR count). The van der Waals surface area contributed by atoms with Crippen molar-refractivity contribution in [2.45, 2.75) is 12.8 Å². The van der Waals surface area contributed by atoms with Gasteiger partial charge in [-0.2, -0.15) is 0 Å². The van der Waals surface area contributed by atoms with E-state index in [9.17, 15) is 28.1 Å². The van der Waals surface area contributed by atoms with Gasteiger partial charge in [0.1, 0.15) is 0 Å². The fourth-order valence-electron chi connectivity index (χ4n) is 1.20. The summed E-state index contributed by atoms with van der Waals surface area (Å²) in [5, 5.41) is 10.6. The molecule has 0 atom stereocenters. The van der Waals surface area contributed by atoms with Gasteiger partial charge in [-0.05, 0) is 0 Å². The topological polar surface area (TPSA) is 118 Å². The van der Waals surface area contributed by atoms with E-state index in [2.05, 4.69) is 14.5 Å². The number of carbonyl (C=O) groups is 1. The molecule has 0 saturated carbocycles. The van der Waals surface area contributed by atoms with Crippen LogP contribution in [0.1, 0.15) is 5.69 Å². The number of esters is 1. The van der Waals surface area contributed by atoms with Crippen LogP contribution in [0, 0.1) is 10.1 Å². The monoisotopic (exact) mass is 295 g/mol. The third-order valence-corrected chi connectivity index (χ3v) is 2.03. The number of nitrogen functional groups attached to an aromatic ring is 1. The number of rotatable bonds is 4. The van der Waals surface area contributed by atoms with Gasteiger partial charge in [-0.1, -0.05) is 0 Å². The first-order valence-corrected chi connectivity index (χ1v) is 4.90. The van der Waals surface area contributed by atoms with E-state index in [0.29, 0.717) is 6.07 Å². The van der Waals surface area contributed by atoms with E-state index in [1.807, 2.05) is 0 Å². The van der Waals surface area contributed by atoms with Crippen molar-refractivity contribution in [3.05, 3.63) is 21.9 Å². The maximum atomic E-state index is 12.1. The van der Waals surface area contributed by atoms with Gasteiger partial charge in [0.05, 0.1) is 29.8 Å². The molecule has 1 aromatic heterocycles. The molecule has 0 radical (unpaired) electrons. The van der Waals surface area contributed by atoms with Gasteiger partial charge in [-0.15, -0.1) is 13.2 Å². The molecule has 0 fully saturated rings. The summed E-state index contributed by atoms with van der Waals surface area (Å²) in [7, 11) is 1.05. The number of carbonyl (C=O) groups excluding carboxylic acids is 1. The number of hydrogen-bond acceptors (Lipinski definition) is 7. The van der Waals surface area contributed by atoms with E-state index in [1.165, 1.54) is 0 Å². The molecule has 11 heteroatoms. The first kappa shape index (κ1) is 15.5. The van der Waals surface area contributed by atoms with Crippen molar-refractivity contribution < 1.29 is 32.4 Å². The van der Waals surface area contributed by atoms with Crippen LogP contribution in [0.2, 0.25) is 0 Å². The third kappa shape index (κ3) is 3.96. The number of hydrogen-bond donors (Lipinski definition) is 1. The molecule has 1 heterocycles. The van der Waals surface area contributed by atoms with E-state index in [4.69, 9.17) is 5.73 Å². The van der Waals surface area contributed by atoms with Crippen molar-refractivity contribution in [2.24, 2.45) is 0 Å². The Bertz CT molecular complexity index is 546. The summed E-state index contributed by atoms with van der Waals surface area (Å²) in [4.78, 5) is 23.8. The third-order valence-electron chi connectivity index (χ3n) is 2.03. The predicted molar refractivity (Wildman–Crippen MR) is 57.7 cm³/mol. The number of methoxy groups -OCH3 is 1. The summed E-state index contributed by atoms with van der Waals surface area (Å²) in [6.45, 7) is 0. The van der Waals surface area contributed by atoms with Gasteiger partial charge in [0.2, 0.25) is 0 Å². The highest BCUT2D eigenvalue weighted by atomic mass is 19.4. The van der Waals surface area contributed by atoms with Crippen LogP contribution in [0.25, 0.3) is 0 Å². The van der Waals surface area contributed by atoms with Gasteiger partial charge in [0.25, 0.3) is 0 Å². The van der Waals surface area contributed by atoms with Crippen LogP contribution in [0.3, 0.4) is 0 Å². The van der Waals surface area contributed by atoms with Gasteiger partial charge >= 0.3 is 23.9 Å². The second kappa shape index (κ2) is 5.59. The van der Waals surface area contributed by atoms with Crippen molar-refractivity contribution in [1.82, 2.24) is 4.98 Å². The van der Waals surface area contributed by atoms with Gasteiger partial charge in [-0.3, -0.25) is 14.9 Å². The maximum Gasteiger partial charge on any atom is 0.574 e. The number of nitrogens with two attached hydrogens (primary N) is 1. The Morgan fingerprint density at radius 3 is 2.60 bits per heavy atom. The summed E-state index contributed by atoms with van der Waals surface area (Å²) in [6.07, 6.45) is -5.72. The van der Waals surface area contributed by atoms with Gasteiger partial charge in [-0.25, -0.2) is 4.98 Å². The van der Waals surface area contributed by atoms with Crippen molar-refractivity contribution in [3.8, 4) is 5.88 Å². The molecule has 0 amide bonds. The minimum Gasteiger partial charge on any atom is -0.469 e. The van der Waals surface area contributed by atoms with E-state index < -0.39 is 35.2 Å². The average Bonchev–Trinajstić information content (AvgIpc) is 2.30. The first-order chi connectivity index (χ1) is 9.14. The number of ether oxygens (including phenoxy) is 2. The Balaban J connectivity index is 3.27. The molecule has 0 aromatic carbocycles. The lowest BCUT2D eigenvalue weighted by molar-refractivity contribution is -0.389.